The Balaban J connectivity index is 0.00000161. The minimum absolute atomic E-state index is 0. The van der Waals surface area contributed by atoms with Gasteiger partial charge < -0.3 is 0 Å². The highest BCUT2D eigenvalue weighted by Gasteiger charge is 2.09. The summed E-state index contributed by atoms with van der Waals surface area (Å²) in [5.74, 6) is 0.139. The largest absolute Gasteiger partial charge is 0.294 e. The molecule has 3 aromatic rings. The van der Waals surface area contributed by atoms with E-state index in [4.69, 9.17) is 0 Å². The van der Waals surface area contributed by atoms with E-state index in [0.717, 1.165) is 27.6 Å². The molecule has 0 spiro atoms. The number of carbonyl (C=O) groups excluding carboxylic acids is 1. The SMILES string of the molecule is Br.Cc1ccccc1C(=O)Cc1cnc2ccccc2c1. The Labute approximate surface area is 134 Å². The zero-order chi connectivity index (χ0) is 13.9. The van der Waals surface area contributed by atoms with Gasteiger partial charge in [0.1, 0.15) is 0 Å². The van der Waals surface area contributed by atoms with Crippen LogP contribution in [0.1, 0.15) is 21.5 Å². The molecule has 0 amide bonds. The first-order valence-electron chi connectivity index (χ1n) is 6.66. The van der Waals surface area contributed by atoms with E-state index in [9.17, 15) is 4.79 Å². The predicted octanol–water partition coefficient (Wildman–Crippen LogP) is 4.55. The molecule has 106 valence electrons. The molecule has 1 aromatic heterocycles. The van der Waals surface area contributed by atoms with Crippen LogP contribution >= 0.6 is 17.0 Å². The molecule has 0 aliphatic rings. The highest BCUT2D eigenvalue weighted by atomic mass is 79.9. The molecule has 0 bridgehead atoms. The number of aromatic nitrogens is 1. The quantitative estimate of drug-likeness (QED) is 0.654. The van der Waals surface area contributed by atoms with E-state index in [2.05, 4.69) is 4.98 Å². The fraction of sp³-hybridized carbons (Fsp3) is 0.111. The smallest absolute Gasteiger partial charge is 0.167 e. The molecule has 21 heavy (non-hydrogen) atoms. The number of halogens is 1. The molecule has 3 heteroatoms. The molecule has 0 fully saturated rings. The normalized spacial score (nSPS) is 10.1. The van der Waals surface area contributed by atoms with Gasteiger partial charge in [0.15, 0.2) is 5.78 Å². The van der Waals surface area contributed by atoms with Crippen molar-refractivity contribution in [2.45, 2.75) is 13.3 Å². The summed E-state index contributed by atoms with van der Waals surface area (Å²) in [6, 6.07) is 17.7. The van der Waals surface area contributed by atoms with Crippen molar-refractivity contribution in [3.05, 3.63) is 77.5 Å². The number of para-hydroxylation sites is 1. The molecule has 1 heterocycles. The highest BCUT2D eigenvalue weighted by Crippen LogP contribution is 2.16. The lowest BCUT2D eigenvalue weighted by Crippen LogP contribution is -2.05. The van der Waals surface area contributed by atoms with Gasteiger partial charge in [0, 0.05) is 23.6 Å². The van der Waals surface area contributed by atoms with Crippen molar-refractivity contribution in [2.24, 2.45) is 0 Å². The van der Waals surface area contributed by atoms with Gasteiger partial charge in [-0.3, -0.25) is 9.78 Å². The third-order valence-electron chi connectivity index (χ3n) is 3.46. The minimum atomic E-state index is 0. The number of fused-ring (bicyclic) bond motifs is 1. The summed E-state index contributed by atoms with van der Waals surface area (Å²) in [4.78, 5) is 16.7. The molecule has 0 aliphatic carbocycles. The summed E-state index contributed by atoms with van der Waals surface area (Å²) >= 11 is 0. The summed E-state index contributed by atoms with van der Waals surface area (Å²) in [5, 5.41) is 1.07. The highest BCUT2D eigenvalue weighted by molar-refractivity contribution is 8.93. The van der Waals surface area contributed by atoms with Crippen LogP contribution in [0.2, 0.25) is 0 Å². The Morgan fingerprint density at radius 3 is 2.57 bits per heavy atom. The number of pyridine rings is 1. The van der Waals surface area contributed by atoms with Gasteiger partial charge in [-0.05, 0) is 30.2 Å². The number of hydrogen-bond acceptors (Lipinski definition) is 2. The first kappa shape index (κ1) is 15.4. The average molecular weight is 342 g/mol. The van der Waals surface area contributed by atoms with Gasteiger partial charge in [0.2, 0.25) is 0 Å². The van der Waals surface area contributed by atoms with Crippen molar-refractivity contribution in [1.82, 2.24) is 4.98 Å². The van der Waals surface area contributed by atoms with Crippen molar-refractivity contribution in [2.75, 3.05) is 0 Å². The van der Waals surface area contributed by atoms with Gasteiger partial charge in [-0.15, -0.1) is 17.0 Å². The third-order valence-corrected chi connectivity index (χ3v) is 3.46. The lowest BCUT2D eigenvalue weighted by molar-refractivity contribution is 0.0992. The fourth-order valence-electron chi connectivity index (χ4n) is 2.38. The zero-order valence-corrected chi connectivity index (χ0v) is 13.5. The second-order valence-corrected chi connectivity index (χ2v) is 4.95. The van der Waals surface area contributed by atoms with Crippen molar-refractivity contribution >= 4 is 33.7 Å². The van der Waals surface area contributed by atoms with Crippen LogP contribution in [0.4, 0.5) is 0 Å². The standard InChI is InChI=1S/C18H15NO.BrH/c1-13-6-2-4-8-16(13)18(20)11-14-10-15-7-3-5-9-17(15)19-12-14;/h2-10,12H,11H2,1H3;1H. The molecule has 0 saturated heterocycles. The molecule has 0 aliphatic heterocycles. The van der Waals surface area contributed by atoms with E-state index in [1.807, 2.05) is 61.5 Å². The maximum atomic E-state index is 12.3. The molecule has 0 N–H and O–H groups in total. The second-order valence-electron chi connectivity index (χ2n) is 4.95. The molecular weight excluding hydrogens is 326 g/mol. The summed E-state index contributed by atoms with van der Waals surface area (Å²) in [5.41, 5.74) is 3.73. The monoisotopic (exact) mass is 341 g/mol. The van der Waals surface area contributed by atoms with Crippen LogP contribution in [0.15, 0.2) is 60.8 Å². The van der Waals surface area contributed by atoms with Crippen LogP contribution in [0.25, 0.3) is 10.9 Å². The lowest BCUT2D eigenvalue weighted by Gasteiger charge is -2.05. The van der Waals surface area contributed by atoms with Crippen LogP contribution < -0.4 is 0 Å². The number of rotatable bonds is 3. The number of carbonyl (C=O) groups is 1. The van der Waals surface area contributed by atoms with Crippen LogP contribution in [0, 0.1) is 6.92 Å². The summed E-state index contributed by atoms with van der Waals surface area (Å²) in [7, 11) is 0. The van der Waals surface area contributed by atoms with E-state index < -0.39 is 0 Å². The van der Waals surface area contributed by atoms with Crippen molar-refractivity contribution < 1.29 is 4.79 Å². The Kier molecular flexibility index (Phi) is 4.86. The van der Waals surface area contributed by atoms with Gasteiger partial charge in [-0.1, -0.05) is 42.5 Å². The average Bonchev–Trinajstić information content (AvgIpc) is 2.47. The first-order valence-corrected chi connectivity index (χ1v) is 6.66. The molecule has 2 nitrogen and oxygen atoms in total. The van der Waals surface area contributed by atoms with Crippen LogP contribution in [-0.4, -0.2) is 10.8 Å². The Hall–Kier alpha value is -2.00. The van der Waals surface area contributed by atoms with Crippen LogP contribution in [0.5, 0.6) is 0 Å². The predicted molar refractivity (Wildman–Crippen MR) is 91.3 cm³/mol. The summed E-state index contributed by atoms with van der Waals surface area (Å²) in [6.45, 7) is 1.96. The summed E-state index contributed by atoms with van der Waals surface area (Å²) in [6.07, 6.45) is 2.18. The molecule has 3 rings (SSSR count). The maximum absolute atomic E-state index is 12.3. The fourth-order valence-corrected chi connectivity index (χ4v) is 2.38. The van der Waals surface area contributed by atoms with Crippen molar-refractivity contribution in [3.8, 4) is 0 Å². The van der Waals surface area contributed by atoms with E-state index in [0.29, 0.717) is 6.42 Å². The summed E-state index contributed by atoms with van der Waals surface area (Å²) < 4.78 is 0. The number of aryl methyl sites for hydroxylation is 1. The topological polar surface area (TPSA) is 30.0 Å². The number of nitrogens with zero attached hydrogens (tertiary/aromatic N) is 1. The number of ketones is 1. The molecule has 0 saturated carbocycles. The molecule has 0 unspecified atom stereocenters. The van der Waals surface area contributed by atoms with Crippen LogP contribution in [0.3, 0.4) is 0 Å². The maximum Gasteiger partial charge on any atom is 0.167 e. The Bertz CT molecular complexity index is 783. The number of Topliss-reactive ketones (excluding diaryl/α,β-unsaturated/α-hetero) is 1. The van der Waals surface area contributed by atoms with Gasteiger partial charge in [0.25, 0.3) is 0 Å². The van der Waals surface area contributed by atoms with E-state index >= 15 is 0 Å². The molecule has 0 radical (unpaired) electrons. The molecular formula is C18H16BrNO. The van der Waals surface area contributed by atoms with Gasteiger partial charge in [-0.2, -0.15) is 0 Å². The zero-order valence-electron chi connectivity index (χ0n) is 11.7. The lowest BCUT2D eigenvalue weighted by atomic mass is 9.99. The Morgan fingerprint density at radius 2 is 1.76 bits per heavy atom. The van der Waals surface area contributed by atoms with Gasteiger partial charge >= 0.3 is 0 Å². The van der Waals surface area contributed by atoms with Crippen LogP contribution in [-0.2, 0) is 6.42 Å². The van der Waals surface area contributed by atoms with Gasteiger partial charge in [-0.25, -0.2) is 0 Å². The van der Waals surface area contributed by atoms with E-state index in [1.54, 1.807) is 6.20 Å². The van der Waals surface area contributed by atoms with Crippen molar-refractivity contribution in [1.29, 1.82) is 0 Å². The second kappa shape index (κ2) is 6.64. The Morgan fingerprint density at radius 1 is 1.05 bits per heavy atom. The van der Waals surface area contributed by atoms with E-state index in [-0.39, 0.29) is 22.8 Å². The molecule has 2 aromatic carbocycles. The van der Waals surface area contributed by atoms with Gasteiger partial charge in [0.05, 0.1) is 5.52 Å². The van der Waals surface area contributed by atoms with Crippen molar-refractivity contribution in [3.63, 3.8) is 0 Å². The number of benzene rings is 2. The minimum Gasteiger partial charge on any atom is -0.294 e. The first-order chi connectivity index (χ1) is 9.74. The molecule has 0 atom stereocenters. The van der Waals surface area contributed by atoms with E-state index in [1.165, 1.54) is 0 Å². The number of hydrogen-bond donors (Lipinski definition) is 0. The third kappa shape index (κ3) is 3.37.